The number of carboxylic acids is 1. The minimum absolute atomic E-state index is 0.285. The van der Waals surface area contributed by atoms with E-state index in [2.05, 4.69) is 13.8 Å². The predicted octanol–water partition coefficient (Wildman–Crippen LogP) is 4.10. The summed E-state index contributed by atoms with van der Waals surface area (Å²) in [5.74, 6) is -1.96. The van der Waals surface area contributed by atoms with Crippen molar-refractivity contribution >= 4 is 17.9 Å². The Balaban J connectivity index is 4.20. The second-order valence-electron chi connectivity index (χ2n) is 6.81. The molecule has 0 atom stereocenters. The van der Waals surface area contributed by atoms with Crippen molar-refractivity contribution in [2.24, 2.45) is 5.41 Å². The van der Waals surface area contributed by atoms with Crippen molar-refractivity contribution in [3.05, 3.63) is 0 Å². The van der Waals surface area contributed by atoms with Crippen LogP contribution in [0.25, 0.3) is 0 Å². The summed E-state index contributed by atoms with van der Waals surface area (Å²) in [5, 5.41) is 9.37. The summed E-state index contributed by atoms with van der Waals surface area (Å²) in [6, 6.07) is 0. The number of ether oxygens (including phenoxy) is 2. The standard InChI is InChI=1S/C19H34O6/c1-4-6-8-10-12-16(20)24-14-19(3,18(22)23)15-25-17(21)13-11-9-7-5-2/h4-15H2,1-3H3,(H,22,23). The normalized spacial score (nSPS) is 11.2. The molecule has 0 aromatic carbocycles. The Labute approximate surface area is 151 Å². The molecule has 0 fully saturated rings. The summed E-state index contributed by atoms with van der Waals surface area (Å²) in [6.45, 7) is 5.00. The van der Waals surface area contributed by atoms with Crippen molar-refractivity contribution in [2.75, 3.05) is 13.2 Å². The van der Waals surface area contributed by atoms with Crippen LogP contribution in [0.5, 0.6) is 0 Å². The van der Waals surface area contributed by atoms with Crippen molar-refractivity contribution in [3.63, 3.8) is 0 Å². The topological polar surface area (TPSA) is 89.9 Å². The van der Waals surface area contributed by atoms with Crippen molar-refractivity contribution in [3.8, 4) is 0 Å². The number of rotatable bonds is 15. The second-order valence-corrected chi connectivity index (χ2v) is 6.81. The molecule has 0 spiro atoms. The third-order valence-electron chi connectivity index (χ3n) is 4.09. The highest BCUT2D eigenvalue weighted by atomic mass is 16.6. The van der Waals surface area contributed by atoms with E-state index in [1.165, 1.54) is 6.92 Å². The third-order valence-corrected chi connectivity index (χ3v) is 4.09. The molecule has 1 N–H and O–H groups in total. The molecule has 0 amide bonds. The van der Waals surface area contributed by atoms with Gasteiger partial charge in [-0.25, -0.2) is 0 Å². The van der Waals surface area contributed by atoms with Crippen molar-refractivity contribution in [2.45, 2.75) is 85.0 Å². The lowest BCUT2D eigenvalue weighted by Gasteiger charge is -2.24. The van der Waals surface area contributed by atoms with Gasteiger partial charge in [-0.3, -0.25) is 14.4 Å². The smallest absolute Gasteiger partial charge is 0.316 e. The van der Waals surface area contributed by atoms with Crippen LogP contribution in [0, 0.1) is 5.41 Å². The molecule has 146 valence electrons. The minimum Gasteiger partial charge on any atom is -0.481 e. The van der Waals surface area contributed by atoms with Crippen LogP contribution in [0.2, 0.25) is 0 Å². The molecule has 0 saturated carbocycles. The van der Waals surface area contributed by atoms with E-state index in [1.807, 2.05) is 0 Å². The predicted molar refractivity (Wildman–Crippen MR) is 95.2 cm³/mol. The van der Waals surface area contributed by atoms with E-state index in [1.54, 1.807) is 0 Å². The van der Waals surface area contributed by atoms with E-state index < -0.39 is 23.3 Å². The summed E-state index contributed by atoms with van der Waals surface area (Å²) < 4.78 is 10.2. The van der Waals surface area contributed by atoms with E-state index in [4.69, 9.17) is 9.47 Å². The average molecular weight is 358 g/mol. The summed E-state index contributed by atoms with van der Waals surface area (Å²) in [7, 11) is 0. The Morgan fingerprint density at radius 3 is 1.48 bits per heavy atom. The summed E-state index contributed by atoms with van der Waals surface area (Å²) in [4.78, 5) is 34.8. The Bertz CT molecular complexity index is 377. The zero-order valence-electron chi connectivity index (χ0n) is 16.0. The lowest BCUT2D eigenvalue weighted by atomic mass is 9.93. The van der Waals surface area contributed by atoms with Crippen LogP contribution >= 0.6 is 0 Å². The lowest BCUT2D eigenvalue weighted by molar-refractivity contribution is -0.165. The highest BCUT2D eigenvalue weighted by Crippen LogP contribution is 2.19. The fraction of sp³-hybridized carbons (Fsp3) is 0.842. The molecule has 0 aromatic heterocycles. The van der Waals surface area contributed by atoms with E-state index in [0.29, 0.717) is 0 Å². The number of hydrogen-bond donors (Lipinski definition) is 1. The average Bonchev–Trinajstić information content (AvgIpc) is 2.58. The Hall–Kier alpha value is -1.59. The van der Waals surface area contributed by atoms with Gasteiger partial charge in [0.1, 0.15) is 18.6 Å². The molecule has 0 heterocycles. The number of aliphatic carboxylic acids is 1. The molecule has 0 aromatic rings. The molecule has 0 saturated heterocycles. The minimum atomic E-state index is -1.42. The van der Waals surface area contributed by atoms with Gasteiger partial charge in [0, 0.05) is 12.8 Å². The summed E-state index contributed by atoms with van der Waals surface area (Å²) in [6.07, 6.45) is 8.25. The zero-order valence-corrected chi connectivity index (χ0v) is 16.0. The number of carboxylic acid groups (broad SMARTS) is 1. The molecule has 0 bridgehead atoms. The molecule has 0 aliphatic heterocycles. The molecule has 0 radical (unpaired) electrons. The van der Waals surface area contributed by atoms with Crippen LogP contribution in [0.4, 0.5) is 0 Å². The fourth-order valence-electron chi connectivity index (χ4n) is 2.18. The van der Waals surface area contributed by atoms with Crippen LogP contribution in [0.15, 0.2) is 0 Å². The van der Waals surface area contributed by atoms with E-state index in [-0.39, 0.29) is 26.1 Å². The van der Waals surface area contributed by atoms with Crippen LogP contribution in [-0.4, -0.2) is 36.2 Å². The zero-order chi connectivity index (χ0) is 19.1. The molecule has 0 unspecified atom stereocenters. The van der Waals surface area contributed by atoms with Crippen LogP contribution < -0.4 is 0 Å². The van der Waals surface area contributed by atoms with Gasteiger partial charge in [0.05, 0.1) is 0 Å². The molecule has 25 heavy (non-hydrogen) atoms. The fourth-order valence-corrected chi connectivity index (χ4v) is 2.18. The maximum Gasteiger partial charge on any atom is 0.316 e. The lowest BCUT2D eigenvalue weighted by Crippen LogP contribution is -2.39. The molecule has 0 rings (SSSR count). The first-order chi connectivity index (χ1) is 11.9. The number of esters is 2. The first-order valence-corrected chi connectivity index (χ1v) is 9.40. The van der Waals surface area contributed by atoms with Crippen LogP contribution in [0.3, 0.4) is 0 Å². The Morgan fingerprint density at radius 1 is 0.760 bits per heavy atom. The van der Waals surface area contributed by atoms with Gasteiger partial charge in [-0.1, -0.05) is 52.4 Å². The molecule has 6 heteroatoms. The Kier molecular flexibility index (Phi) is 12.8. The van der Waals surface area contributed by atoms with E-state index in [0.717, 1.165) is 51.4 Å². The van der Waals surface area contributed by atoms with Crippen molar-refractivity contribution in [1.29, 1.82) is 0 Å². The quantitative estimate of drug-likeness (QED) is 0.350. The van der Waals surface area contributed by atoms with Gasteiger partial charge in [0.2, 0.25) is 0 Å². The van der Waals surface area contributed by atoms with Gasteiger partial charge in [-0.15, -0.1) is 0 Å². The highest BCUT2D eigenvalue weighted by molar-refractivity contribution is 5.76. The molecular formula is C19H34O6. The SMILES string of the molecule is CCCCCCC(=O)OCC(C)(COC(=O)CCCCCC)C(=O)O. The van der Waals surface area contributed by atoms with Crippen molar-refractivity contribution in [1.82, 2.24) is 0 Å². The first kappa shape index (κ1) is 23.4. The van der Waals surface area contributed by atoms with Gasteiger partial charge in [-0.2, -0.15) is 0 Å². The maximum absolute atomic E-state index is 11.7. The van der Waals surface area contributed by atoms with E-state index >= 15 is 0 Å². The van der Waals surface area contributed by atoms with Gasteiger partial charge in [-0.05, 0) is 19.8 Å². The van der Waals surface area contributed by atoms with Gasteiger partial charge in [0.25, 0.3) is 0 Å². The van der Waals surface area contributed by atoms with Crippen LogP contribution in [0.1, 0.15) is 85.0 Å². The number of carbonyl (C=O) groups is 3. The maximum atomic E-state index is 11.7. The molecule has 0 aliphatic carbocycles. The molecule has 6 nitrogen and oxygen atoms in total. The second kappa shape index (κ2) is 13.7. The number of carbonyl (C=O) groups excluding carboxylic acids is 2. The summed E-state index contributed by atoms with van der Waals surface area (Å²) >= 11 is 0. The van der Waals surface area contributed by atoms with Gasteiger partial charge in [0.15, 0.2) is 0 Å². The van der Waals surface area contributed by atoms with Gasteiger partial charge >= 0.3 is 17.9 Å². The Morgan fingerprint density at radius 2 is 1.16 bits per heavy atom. The molecule has 0 aliphatic rings. The highest BCUT2D eigenvalue weighted by Gasteiger charge is 2.36. The van der Waals surface area contributed by atoms with Crippen LogP contribution in [-0.2, 0) is 23.9 Å². The first-order valence-electron chi connectivity index (χ1n) is 9.40. The summed E-state index contributed by atoms with van der Waals surface area (Å²) in [5.41, 5.74) is -1.42. The number of hydrogen-bond acceptors (Lipinski definition) is 5. The third kappa shape index (κ3) is 11.6. The molecular weight excluding hydrogens is 324 g/mol. The monoisotopic (exact) mass is 358 g/mol. The number of unbranched alkanes of at least 4 members (excludes halogenated alkanes) is 6. The largest absolute Gasteiger partial charge is 0.481 e. The van der Waals surface area contributed by atoms with E-state index in [9.17, 15) is 19.5 Å². The van der Waals surface area contributed by atoms with Gasteiger partial charge < -0.3 is 14.6 Å². The van der Waals surface area contributed by atoms with Crippen molar-refractivity contribution < 1.29 is 29.0 Å².